The van der Waals surface area contributed by atoms with E-state index in [1.807, 2.05) is 0 Å². The Balaban J connectivity index is 1.78. The lowest BCUT2D eigenvalue weighted by Gasteiger charge is -2.52. The summed E-state index contributed by atoms with van der Waals surface area (Å²) in [5.41, 5.74) is 3.16. The third-order valence-electron chi connectivity index (χ3n) is 6.28. The molecule has 1 aromatic rings. The number of rotatable bonds is 0. The minimum absolute atomic E-state index is 0.213. The third-order valence-corrected chi connectivity index (χ3v) is 6.94. The molecule has 4 rings (SSSR count). The number of fused-ring (bicyclic) bond motifs is 3. The smallest absolute Gasteiger partial charge is 0.217 e. The predicted molar refractivity (Wildman–Crippen MR) is 81.9 cm³/mol. The molecule has 3 aliphatic rings. The van der Waals surface area contributed by atoms with Crippen LogP contribution in [0.25, 0.3) is 0 Å². The van der Waals surface area contributed by atoms with Crippen LogP contribution in [0.4, 0.5) is 0 Å². The van der Waals surface area contributed by atoms with Gasteiger partial charge in [-0.2, -0.15) is 5.10 Å². The van der Waals surface area contributed by atoms with Crippen LogP contribution in [0.1, 0.15) is 44.4 Å². The molecule has 0 unspecified atom stereocenters. The van der Waals surface area contributed by atoms with Gasteiger partial charge in [-0.3, -0.25) is 0 Å². The zero-order chi connectivity index (χ0) is 14.8. The van der Waals surface area contributed by atoms with Crippen molar-refractivity contribution in [3.8, 4) is 0 Å². The van der Waals surface area contributed by atoms with Gasteiger partial charge >= 0.3 is 0 Å². The summed E-state index contributed by atoms with van der Waals surface area (Å²) in [4.78, 5) is 0. The van der Waals surface area contributed by atoms with E-state index >= 15 is 0 Å². The number of nitrogens with one attached hydrogen (secondary N) is 1. The molecule has 0 aromatic carbocycles. The van der Waals surface area contributed by atoms with E-state index in [1.165, 1.54) is 17.7 Å². The molecule has 1 spiro atoms. The number of aryl methyl sites for hydroxylation is 1. The Bertz CT molecular complexity index is 579. The van der Waals surface area contributed by atoms with Crippen LogP contribution in [0.3, 0.4) is 0 Å². The van der Waals surface area contributed by atoms with Gasteiger partial charge in [0.05, 0.1) is 24.2 Å². The summed E-state index contributed by atoms with van der Waals surface area (Å²) in [6.45, 7) is 6.28. The molecule has 1 saturated carbocycles. The molecule has 21 heavy (non-hydrogen) atoms. The van der Waals surface area contributed by atoms with E-state index in [1.54, 1.807) is 0 Å². The zero-order valence-corrected chi connectivity index (χ0v) is 14.6. The third kappa shape index (κ3) is 1.77. The fourth-order valence-corrected chi connectivity index (χ4v) is 5.93. The topological polar surface area (TPSA) is 38.1 Å². The number of halogens is 1. The average Bonchev–Trinajstić information content (AvgIpc) is 3.02. The largest absolute Gasteiger partial charge is 0.347 e. The van der Waals surface area contributed by atoms with Crippen LogP contribution >= 0.6 is 15.9 Å². The summed E-state index contributed by atoms with van der Waals surface area (Å²) in [6.07, 6.45) is 4.49. The molecule has 1 saturated heterocycles. The van der Waals surface area contributed by atoms with E-state index in [0.717, 1.165) is 37.1 Å². The van der Waals surface area contributed by atoms with Gasteiger partial charge < -0.3 is 9.47 Å². The maximum absolute atomic E-state index is 6.06. The van der Waals surface area contributed by atoms with E-state index in [9.17, 15) is 0 Å². The van der Waals surface area contributed by atoms with Crippen LogP contribution in [-0.4, -0.2) is 24.1 Å². The van der Waals surface area contributed by atoms with Crippen molar-refractivity contribution < 1.29 is 14.2 Å². The van der Waals surface area contributed by atoms with Crippen LogP contribution in [-0.2, 0) is 28.4 Å². The zero-order valence-electron chi connectivity index (χ0n) is 13.0. The molecule has 0 radical (unpaired) electrons. The first-order chi connectivity index (χ1) is 9.98. The number of hydrogen-bond acceptors (Lipinski definition) is 2. The van der Waals surface area contributed by atoms with Crippen molar-refractivity contribution in [3.63, 3.8) is 0 Å². The molecule has 2 heterocycles. The highest BCUT2D eigenvalue weighted by Crippen LogP contribution is 2.56. The van der Waals surface area contributed by atoms with Gasteiger partial charge in [-0.25, -0.2) is 0 Å². The summed E-state index contributed by atoms with van der Waals surface area (Å²) in [6, 6.07) is 0. The van der Waals surface area contributed by atoms with Gasteiger partial charge in [-0.1, -0.05) is 6.92 Å². The van der Waals surface area contributed by atoms with E-state index in [2.05, 4.69) is 46.6 Å². The molecule has 2 fully saturated rings. The minimum atomic E-state index is -0.312. The van der Waals surface area contributed by atoms with E-state index in [4.69, 9.17) is 9.47 Å². The van der Waals surface area contributed by atoms with Gasteiger partial charge in [0.25, 0.3) is 0 Å². The van der Waals surface area contributed by atoms with Gasteiger partial charge in [0.2, 0.25) is 5.69 Å². The second-order valence-electron chi connectivity index (χ2n) is 7.17. The van der Waals surface area contributed by atoms with Crippen LogP contribution in [0.5, 0.6) is 0 Å². The lowest BCUT2D eigenvalue weighted by molar-refractivity contribution is -0.738. The quantitative estimate of drug-likeness (QED) is 0.726. The standard InChI is InChI=1S/C16H23BrN2O2/c1-10-12-5-4-11-13(19(3)18-14(11)17)15(12,2)6-7-16(10)20-8-9-21-16/h10,12H,4-9H2,1-3H3/p+1/t10-,12-,15-/m0/s1. The van der Waals surface area contributed by atoms with Gasteiger partial charge in [0, 0.05) is 12.3 Å². The molecule has 1 aliphatic heterocycles. The Labute approximate surface area is 134 Å². The van der Waals surface area contributed by atoms with Crippen LogP contribution in [0.15, 0.2) is 4.60 Å². The van der Waals surface area contributed by atoms with E-state index in [0.29, 0.717) is 11.8 Å². The number of ether oxygens (including phenoxy) is 2. The van der Waals surface area contributed by atoms with Crippen molar-refractivity contribution in [1.82, 2.24) is 5.10 Å². The summed E-state index contributed by atoms with van der Waals surface area (Å²) >= 11 is 3.69. The van der Waals surface area contributed by atoms with Gasteiger partial charge in [-0.05, 0) is 48.0 Å². The van der Waals surface area contributed by atoms with E-state index < -0.39 is 0 Å². The SMILES string of the molecule is C[C@H]1[C@@H]2CCc3c(Br)[nH][n+](C)c3[C@@]2(C)CCC12OCCO2. The number of nitrogens with zero attached hydrogens (tertiary/aromatic N) is 1. The first-order valence-corrected chi connectivity index (χ1v) is 8.82. The van der Waals surface area contributed by atoms with Gasteiger partial charge in [0.1, 0.15) is 4.60 Å². The molecule has 0 amide bonds. The first-order valence-electron chi connectivity index (χ1n) is 8.03. The molecule has 5 heteroatoms. The lowest BCUT2D eigenvalue weighted by atomic mass is 9.55. The number of aromatic nitrogens is 2. The summed E-state index contributed by atoms with van der Waals surface area (Å²) in [7, 11) is 2.13. The van der Waals surface area contributed by atoms with Crippen molar-refractivity contribution in [1.29, 1.82) is 0 Å². The highest BCUT2D eigenvalue weighted by molar-refractivity contribution is 9.10. The van der Waals surface area contributed by atoms with Gasteiger partial charge in [-0.15, -0.1) is 4.68 Å². The molecule has 4 nitrogen and oxygen atoms in total. The summed E-state index contributed by atoms with van der Waals surface area (Å²) in [5, 5.41) is 3.42. The Morgan fingerprint density at radius 3 is 2.71 bits per heavy atom. The highest BCUT2D eigenvalue weighted by Gasteiger charge is 2.60. The van der Waals surface area contributed by atoms with E-state index in [-0.39, 0.29) is 11.2 Å². The molecule has 1 N–H and O–H groups in total. The maximum atomic E-state index is 6.06. The molecular formula is C16H24BrN2O2+. The highest BCUT2D eigenvalue weighted by atomic mass is 79.9. The van der Waals surface area contributed by atoms with Crippen molar-refractivity contribution in [2.75, 3.05) is 13.2 Å². The van der Waals surface area contributed by atoms with Crippen LogP contribution in [0.2, 0.25) is 0 Å². The van der Waals surface area contributed by atoms with Crippen molar-refractivity contribution in [3.05, 3.63) is 15.9 Å². The van der Waals surface area contributed by atoms with Crippen molar-refractivity contribution in [2.24, 2.45) is 18.9 Å². The normalized spacial score (nSPS) is 37.5. The fourth-order valence-electron chi connectivity index (χ4n) is 5.28. The Morgan fingerprint density at radius 2 is 2.00 bits per heavy atom. The lowest BCUT2D eigenvalue weighted by Crippen LogP contribution is -2.58. The first kappa shape index (κ1) is 14.2. The average molecular weight is 356 g/mol. The van der Waals surface area contributed by atoms with Crippen molar-refractivity contribution >= 4 is 15.9 Å². The monoisotopic (exact) mass is 355 g/mol. The van der Waals surface area contributed by atoms with Gasteiger partial charge in [0.15, 0.2) is 12.8 Å². The molecule has 2 aliphatic carbocycles. The minimum Gasteiger partial charge on any atom is -0.347 e. The Hall–Kier alpha value is -0.390. The molecule has 1 aromatic heterocycles. The Morgan fingerprint density at radius 1 is 1.29 bits per heavy atom. The second kappa shape index (κ2) is 4.56. The number of H-pyrrole nitrogens is 1. The number of aromatic amines is 1. The maximum Gasteiger partial charge on any atom is 0.217 e. The van der Waals surface area contributed by atoms with Crippen LogP contribution < -0.4 is 4.68 Å². The van der Waals surface area contributed by atoms with Crippen molar-refractivity contribution in [2.45, 2.75) is 50.7 Å². The predicted octanol–water partition coefficient (Wildman–Crippen LogP) is 2.59. The summed E-state index contributed by atoms with van der Waals surface area (Å²) in [5.74, 6) is 0.750. The number of hydrogen-bond donors (Lipinski definition) is 1. The van der Waals surface area contributed by atoms with Crippen LogP contribution in [0, 0.1) is 11.8 Å². The molecule has 3 atom stereocenters. The summed E-state index contributed by atoms with van der Waals surface area (Å²) < 4.78 is 15.5. The molecule has 0 bridgehead atoms. The Kier molecular flexibility index (Phi) is 3.08. The molecule has 116 valence electrons. The fraction of sp³-hybridized carbons (Fsp3) is 0.812. The second-order valence-corrected chi connectivity index (χ2v) is 7.97. The molecular weight excluding hydrogens is 332 g/mol.